The van der Waals surface area contributed by atoms with Crippen LogP contribution in [0.5, 0.6) is 5.75 Å². The predicted molar refractivity (Wildman–Crippen MR) is 90.9 cm³/mol. The summed E-state index contributed by atoms with van der Waals surface area (Å²) in [6.45, 7) is 2.90. The molecule has 1 aromatic rings. The molecule has 1 aromatic carbocycles. The number of para-hydroxylation sites is 1. The fourth-order valence-corrected chi connectivity index (χ4v) is 3.10. The fraction of sp³-hybridized carbons (Fsp3) is 0.625. The molecule has 0 fully saturated rings. The largest absolute Gasteiger partial charge is 0.496 e. The van der Waals surface area contributed by atoms with Crippen molar-refractivity contribution < 1.29 is 13.2 Å². The van der Waals surface area contributed by atoms with E-state index >= 15 is 0 Å². The summed E-state index contributed by atoms with van der Waals surface area (Å²) in [5.41, 5.74) is 1.17. The standard InChI is InChI=1S/C16H28N2O3S/c1-14(13-15-9-6-7-10-16(15)21-5)18(4)11-8-12-22(19,20)17(2)3/h6-7,9-10,14H,8,11-13H2,1-5H3/t14-/m1/s1. The molecule has 0 saturated heterocycles. The lowest BCUT2D eigenvalue weighted by Crippen LogP contribution is -2.34. The molecule has 126 valence electrons. The second-order valence-corrected chi connectivity index (χ2v) is 8.10. The maximum atomic E-state index is 11.7. The van der Waals surface area contributed by atoms with Gasteiger partial charge in [0.2, 0.25) is 10.0 Å². The zero-order chi connectivity index (χ0) is 16.8. The van der Waals surface area contributed by atoms with Gasteiger partial charge in [-0.15, -0.1) is 0 Å². The summed E-state index contributed by atoms with van der Waals surface area (Å²) in [6.07, 6.45) is 1.51. The Morgan fingerprint density at radius 3 is 2.41 bits per heavy atom. The lowest BCUT2D eigenvalue weighted by Gasteiger charge is -2.25. The number of hydrogen-bond acceptors (Lipinski definition) is 4. The van der Waals surface area contributed by atoms with Crippen molar-refractivity contribution in [1.82, 2.24) is 9.21 Å². The van der Waals surface area contributed by atoms with Gasteiger partial charge in [-0.1, -0.05) is 18.2 Å². The van der Waals surface area contributed by atoms with Crippen LogP contribution in [-0.2, 0) is 16.4 Å². The maximum absolute atomic E-state index is 11.7. The highest BCUT2D eigenvalue weighted by atomic mass is 32.2. The normalized spacial score (nSPS) is 13.6. The molecule has 0 unspecified atom stereocenters. The van der Waals surface area contributed by atoms with E-state index in [4.69, 9.17) is 4.74 Å². The van der Waals surface area contributed by atoms with Crippen LogP contribution in [0.4, 0.5) is 0 Å². The highest BCUT2D eigenvalue weighted by Gasteiger charge is 2.16. The van der Waals surface area contributed by atoms with Gasteiger partial charge in [0.1, 0.15) is 5.75 Å². The number of nitrogens with zero attached hydrogens (tertiary/aromatic N) is 2. The molecule has 0 amide bonds. The number of ether oxygens (including phenoxy) is 1. The molecule has 1 atom stereocenters. The number of benzene rings is 1. The van der Waals surface area contributed by atoms with Crippen LogP contribution in [0.2, 0.25) is 0 Å². The molecule has 0 heterocycles. The third-order valence-electron chi connectivity index (χ3n) is 3.93. The van der Waals surface area contributed by atoms with E-state index in [1.807, 2.05) is 25.2 Å². The molecular formula is C16H28N2O3S. The van der Waals surface area contributed by atoms with E-state index in [9.17, 15) is 8.42 Å². The Morgan fingerprint density at radius 2 is 1.82 bits per heavy atom. The number of likely N-dealkylation sites (N-methyl/N-ethyl adjacent to an activating group) is 1. The summed E-state index contributed by atoms with van der Waals surface area (Å²) < 4.78 is 30.2. The van der Waals surface area contributed by atoms with Gasteiger partial charge in [-0.05, 0) is 45.0 Å². The van der Waals surface area contributed by atoms with Crippen LogP contribution in [0.3, 0.4) is 0 Å². The Labute approximate surface area is 134 Å². The SMILES string of the molecule is COc1ccccc1C[C@@H](C)N(C)CCCS(=O)(=O)N(C)C. The number of sulfonamides is 1. The molecule has 6 heteroatoms. The predicted octanol–water partition coefficient (Wildman–Crippen LogP) is 1.84. The Morgan fingerprint density at radius 1 is 1.18 bits per heavy atom. The quantitative estimate of drug-likeness (QED) is 0.694. The van der Waals surface area contributed by atoms with E-state index in [2.05, 4.69) is 17.9 Å². The van der Waals surface area contributed by atoms with Gasteiger partial charge in [0.25, 0.3) is 0 Å². The minimum Gasteiger partial charge on any atom is -0.496 e. The average molecular weight is 328 g/mol. The van der Waals surface area contributed by atoms with Gasteiger partial charge in [0.15, 0.2) is 0 Å². The van der Waals surface area contributed by atoms with Crippen LogP contribution in [0.1, 0.15) is 18.9 Å². The minimum atomic E-state index is -3.10. The second-order valence-electron chi connectivity index (χ2n) is 5.80. The van der Waals surface area contributed by atoms with E-state index < -0.39 is 10.0 Å². The molecule has 0 radical (unpaired) electrons. The lowest BCUT2D eigenvalue weighted by molar-refractivity contribution is 0.255. The molecule has 0 bridgehead atoms. The summed E-state index contributed by atoms with van der Waals surface area (Å²) in [5.74, 6) is 1.09. The van der Waals surface area contributed by atoms with Crippen molar-refractivity contribution in [2.24, 2.45) is 0 Å². The Bertz CT molecular complexity index is 558. The molecule has 0 N–H and O–H groups in total. The van der Waals surface area contributed by atoms with Gasteiger partial charge in [0.05, 0.1) is 12.9 Å². The van der Waals surface area contributed by atoms with Crippen molar-refractivity contribution in [3.05, 3.63) is 29.8 Å². The first-order chi connectivity index (χ1) is 10.3. The molecular weight excluding hydrogens is 300 g/mol. The molecule has 0 aliphatic heterocycles. The number of methoxy groups -OCH3 is 1. The second kappa shape index (κ2) is 8.50. The molecule has 1 rings (SSSR count). The Kier molecular flexibility index (Phi) is 7.32. The van der Waals surface area contributed by atoms with Gasteiger partial charge in [0, 0.05) is 20.1 Å². The van der Waals surface area contributed by atoms with Crippen LogP contribution < -0.4 is 4.74 Å². The van der Waals surface area contributed by atoms with Crippen LogP contribution in [0.15, 0.2) is 24.3 Å². The summed E-state index contributed by atoms with van der Waals surface area (Å²) in [5, 5.41) is 0. The highest BCUT2D eigenvalue weighted by molar-refractivity contribution is 7.89. The molecule has 0 aliphatic rings. The third kappa shape index (κ3) is 5.59. The lowest BCUT2D eigenvalue weighted by atomic mass is 10.1. The summed E-state index contributed by atoms with van der Waals surface area (Å²) >= 11 is 0. The van der Waals surface area contributed by atoms with Gasteiger partial charge in [-0.3, -0.25) is 0 Å². The van der Waals surface area contributed by atoms with Crippen molar-refractivity contribution in [2.75, 3.05) is 40.6 Å². The highest BCUT2D eigenvalue weighted by Crippen LogP contribution is 2.20. The Hall–Kier alpha value is -1.11. The van der Waals surface area contributed by atoms with Crippen molar-refractivity contribution in [1.29, 1.82) is 0 Å². The molecule has 0 saturated carbocycles. The number of hydrogen-bond donors (Lipinski definition) is 0. The number of rotatable bonds is 9. The van der Waals surface area contributed by atoms with Crippen LogP contribution in [-0.4, -0.2) is 64.2 Å². The van der Waals surface area contributed by atoms with E-state index in [0.29, 0.717) is 12.5 Å². The van der Waals surface area contributed by atoms with E-state index in [1.54, 1.807) is 21.2 Å². The monoisotopic (exact) mass is 328 g/mol. The first-order valence-electron chi connectivity index (χ1n) is 7.50. The zero-order valence-corrected chi connectivity index (χ0v) is 15.1. The van der Waals surface area contributed by atoms with E-state index in [0.717, 1.165) is 18.7 Å². The van der Waals surface area contributed by atoms with Crippen molar-refractivity contribution >= 4 is 10.0 Å². The summed E-state index contributed by atoms with van der Waals surface area (Å²) in [6, 6.07) is 8.32. The average Bonchev–Trinajstić information content (AvgIpc) is 2.47. The molecule has 0 aromatic heterocycles. The topological polar surface area (TPSA) is 49.9 Å². The minimum absolute atomic E-state index is 0.186. The zero-order valence-electron chi connectivity index (χ0n) is 14.2. The maximum Gasteiger partial charge on any atom is 0.213 e. The first kappa shape index (κ1) is 18.9. The van der Waals surface area contributed by atoms with Crippen LogP contribution >= 0.6 is 0 Å². The molecule has 0 aliphatic carbocycles. The third-order valence-corrected chi connectivity index (χ3v) is 5.85. The van der Waals surface area contributed by atoms with Gasteiger partial charge in [-0.2, -0.15) is 0 Å². The van der Waals surface area contributed by atoms with Crippen LogP contribution in [0.25, 0.3) is 0 Å². The molecule has 5 nitrogen and oxygen atoms in total. The first-order valence-corrected chi connectivity index (χ1v) is 9.11. The van der Waals surface area contributed by atoms with Crippen molar-refractivity contribution in [3.63, 3.8) is 0 Å². The van der Waals surface area contributed by atoms with Gasteiger partial charge in [-0.25, -0.2) is 12.7 Å². The van der Waals surface area contributed by atoms with Gasteiger partial charge < -0.3 is 9.64 Å². The molecule has 0 spiro atoms. The van der Waals surface area contributed by atoms with Gasteiger partial charge >= 0.3 is 0 Å². The van der Waals surface area contributed by atoms with Crippen molar-refractivity contribution in [2.45, 2.75) is 25.8 Å². The fourth-order valence-electron chi connectivity index (χ4n) is 2.25. The van der Waals surface area contributed by atoms with Crippen molar-refractivity contribution in [3.8, 4) is 5.75 Å². The smallest absolute Gasteiger partial charge is 0.213 e. The van der Waals surface area contributed by atoms with E-state index in [1.165, 1.54) is 9.87 Å². The summed E-state index contributed by atoms with van der Waals surface area (Å²) in [4.78, 5) is 2.19. The summed E-state index contributed by atoms with van der Waals surface area (Å²) in [7, 11) is 3.75. The van der Waals surface area contributed by atoms with Crippen LogP contribution in [0, 0.1) is 0 Å². The Balaban J connectivity index is 2.50. The molecule has 22 heavy (non-hydrogen) atoms. The van der Waals surface area contributed by atoms with E-state index in [-0.39, 0.29) is 5.75 Å².